The van der Waals surface area contributed by atoms with Gasteiger partial charge in [0.2, 0.25) is 0 Å². The smallest absolute Gasteiger partial charge is 0.295 e. The zero-order valence-electron chi connectivity index (χ0n) is 19.7. The van der Waals surface area contributed by atoms with Crippen LogP contribution in [0.25, 0.3) is 5.76 Å². The van der Waals surface area contributed by atoms with Gasteiger partial charge in [-0.1, -0.05) is 31.2 Å². The Labute approximate surface area is 190 Å². The largest absolute Gasteiger partial charge is 0.507 e. The van der Waals surface area contributed by atoms with Crippen molar-refractivity contribution >= 4 is 17.4 Å². The van der Waals surface area contributed by atoms with Gasteiger partial charge in [0.1, 0.15) is 11.5 Å². The van der Waals surface area contributed by atoms with Crippen molar-refractivity contribution in [1.82, 2.24) is 9.80 Å². The van der Waals surface area contributed by atoms with Gasteiger partial charge in [-0.15, -0.1) is 0 Å². The number of likely N-dealkylation sites (tertiary alicyclic amines) is 1. The third-order valence-electron chi connectivity index (χ3n) is 6.03. The molecule has 0 aliphatic carbocycles. The molecule has 3 rings (SSSR count). The van der Waals surface area contributed by atoms with Gasteiger partial charge in [0.25, 0.3) is 11.7 Å². The van der Waals surface area contributed by atoms with E-state index < -0.39 is 17.7 Å². The highest BCUT2D eigenvalue weighted by Crippen LogP contribution is 2.40. The fraction of sp³-hybridized carbons (Fsp3) is 0.385. The molecule has 2 aromatic rings. The molecule has 1 atom stereocenters. The minimum atomic E-state index is -0.654. The number of aliphatic hydroxyl groups excluding tert-OH is 1. The van der Waals surface area contributed by atoms with E-state index in [1.54, 1.807) is 18.1 Å². The second kappa shape index (κ2) is 9.57. The van der Waals surface area contributed by atoms with Gasteiger partial charge in [-0.25, -0.2) is 0 Å². The lowest BCUT2D eigenvalue weighted by Crippen LogP contribution is -2.35. The molecule has 0 bridgehead atoms. The molecule has 6 nitrogen and oxygen atoms in total. The minimum Gasteiger partial charge on any atom is -0.507 e. The van der Waals surface area contributed by atoms with Crippen molar-refractivity contribution in [2.45, 2.75) is 33.2 Å². The Kier molecular flexibility index (Phi) is 7.04. The molecule has 1 N–H and O–H groups in total. The van der Waals surface area contributed by atoms with Crippen molar-refractivity contribution < 1.29 is 19.4 Å². The van der Waals surface area contributed by atoms with Gasteiger partial charge in [-0.2, -0.15) is 0 Å². The van der Waals surface area contributed by atoms with Gasteiger partial charge in [0.05, 0.1) is 18.7 Å². The van der Waals surface area contributed by atoms with Crippen LogP contribution < -0.4 is 4.74 Å². The number of amides is 1. The first-order valence-corrected chi connectivity index (χ1v) is 10.9. The summed E-state index contributed by atoms with van der Waals surface area (Å²) in [6.45, 7) is 6.80. The Morgan fingerprint density at radius 1 is 1.09 bits per heavy atom. The lowest BCUT2D eigenvalue weighted by molar-refractivity contribution is -0.140. The molecule has 0 spiro atoms. The Balaban J connectivity index is 2.19. The van der Waals surface area contributed by atoms with E-state index in [1.807, 2.05) is 63.2 Å². The van der Waals surface area contributed by atoms with E-state index in [0.29, 0.717) is 24.4 Å². The fourth-order valence-electron chi connectivity index (χ4n) is 4.11. The van der Waals surface area contributed by atoms with E-state index in [-0.39, 0.29) is 11.3 Å². The number of ether oxygens (including phenoxy) is 1. The van der Waals surface area contributed by atoms with Crippen molar-refractivity contribution in [3.8, 4) is 5.75 Å². The van der Waals surface area contributed by atoms with Crippen LogP contribution >= 0.6 is 0 Å². The average Bonchev–Trinajstić information content (AvgIpc) is 3.03. The van der Waals surface area contributed by atoms with E-state index in [0.717, 1.165) is 23.1 Å². The molecule has 2 aromatic carbocycles. The molecular formula is C26H32N2O4. The van der Waals surface area contributed by atoms with E-state index in [9.17, 15) is 14.7 Å². The normalized spacial score (nSPS) is 18.0. The maximum absolute atomic E-state index is 13.2. The summed E-state index contributed by atoms with van der Waals surface area (Å²) in [6.07, 6.45) is 0.894. The van der Waals surface area contributed by atoms with Crippen LogP contribution in [0.3, 0.4) is 0 Å². The first kappa shape index (κ1) is 23.5. The molecule has 6 heteroatoms. The quantitative estimate of drug-likeness (QED) is 0.406. The molecule has 1 aliphatic heterocycles. The lowest BCUT2D eigenvalue weighted by atomic mass is 9.92. The highest BCUT2D eigenvalue weighted by atomic mass is 16.5. The summed E-state index contributed by atoms with van der Waals surface area (Å²) >= 11 is 0. The monoisotopic (exact) mass is 436 g/mol. The van der Waals surface area contributed by atoms with Crippen LogP contribution in [0.5, 0.6) is 5.75 Å². The lowest BCUT2D eigenvalue weighted by Gasteiger charge is -2.27. The fourth-order valence-corrected chi connectivity index (χ4v) is 4.11. The predicted octanol–water partition coefficient (Wildman–Crippen LogP) is 3.86. The molecule has 1 saturated heterocycles. The molecule has 1 aliphatic rings. The molecule has 0 saturated carbocycles. The summed E-state index contributed by atoms with van der Waals surface area (Å²) < 4.78 is 5.38. The van der Waals surface area contributed by atoms with Gasteiger partial charge in [-0.3, -0.25) is 9.59 Å². The average molecular weight is 437 g/mol. The van der Waals surface area contributed by atoms with Gasteiger partial charge in [0, 0.05) is 18.7 Å². The molecule has 0 aromatic heterocycles. The summed E-state index contributed by atoms with van der Waals surface area (Å²) in [5.41, 5.74) is 4.25. The second-order valence-electron chi connectivity index (χ2n) is 8.53. The summed E-state index contributed by atoms with van der Waals surface area (Å²) in [6, 6.07) is 10.9. The number of nitrogens with zero attached hydrogens (tertiary/aromatic N) is 2. The van der Waals surface area contributed by atoms with E-state index in [4.69, 9.17) is 4.74 Å². The van der Waals surface area contributed by atoms with Crippen LogP contribution in [0, 0.1) is 13.8 Å². The topological polar surface area (TPSA) is 70.1 Å². The van der Waals surface area contributed by atoms with E-state index in [2.05, 4.69) is 6.92 Å². The van der Waals surface area contributed by atoms with Crippen LogP contribution in [0.15, 0.2) is 42.0 Å². The van der Waals surface area contributed by atoms with Gasteiger partial charge in [0.15, 0.2) is 0 Å². The number of aliphatic hydroxyl groups is 1. The maximum atomic E-state index is 13.2. The Morgan fingerprint density at radius 3 is 2.31 bits per heavy atom. The predicted molar refractivity (Wildman–Crippen MR) is 126 cm³/mol. The third-order valence-corrected chi connectivity index (χ3v) is 6.03. The molecule has 1 fully saturated rings. The van der Waals surface area contributed by atoms with Crippen molar-refractivity contribution in [1.29, 1.82) is 0 Å². The van der Waals surface area contributed by atoms with Crippen LogP contribution in [-0.4, -0.2) is 60.9 Å². The molecule has 0 radical (unpaired) electrons. The van der Waals surface area contributed by atoms with Crippen LogP contribution in [0.2, 0.25) is 0 Å². The number of benzene rings is 2. The van der Waals surface area contributed by atoms with Gasteiger partial charge in [-0.05, 0) is 68.8 Å². The molecule has 1 unspecified atom stereocenters. The number of aryl methyl sites for hydroxylation is 3. The second-order valence-corrected chi connectivity index (χ2v) is 8.53. The van der Waals surface area contributed by atoms with Crippen LogP contribution in [-0.2, 0) is 16.0 Å². The van der Waals surface area contributed by atoms with Crippen molar-refractivity contribution in [2.75, 3.05) is 34.3 Å². The summed E-state index contributed by atoms with van der Waals surface area (Å²) in [4.78, 5) is 29.7. The summed E-state index contributed by atoms with van der Waals surface area (Å²) in [5.74, 6) is -0.680. The van der Waals surface area contributed by atoms with Crippen molar-refractivity contribution in [2.24, 2.45) is 0 Å². The van der Waals surface area contributed by atoms with Gasteiger partial charge < -0.3 is 19.6 Å². The Hall–Kier alpha value is -3.12. The molecule has 170 valence electrons. The third kappa shape index (κ3) is 4.41. The highest BCUT2D eigenvalue weighted by molar-refractivity contribution is 6.46. The van der Waals surface area contributed by atoms with Crippen LogP contribution in [0.1, 0.15) is 40.8 Å². The molecule has 1 amide bonds. The number of carbonyl (C=O) groups excluding carboxylic acids is 2. The SMILES string of the molecule is CCc1ccc(C2/C(=C(\O)c3cc(C)c(OC)cc3C)C(=O)C(=O)N2CCN(C)C)cc1. The number of rotatable bonds is 7. The maximum Gasteiger partial charge on any atom is 0.295 e. The molecular weight excluding hydrogens is 404 g/mol. The standard InChI is InChI=1S/C26H32N2O4/c1-7-18-8-10-19(11-9-18)23-22(25(30)26(31)28(23)13-12-27(4)5)24(29)20-14-17(3)21(32-6)15-16(20)2/h8-11,14-15,23,29H,7,12-13H2,1-6H3/b24-22+. The number of methoxy groups -OCH3 is 1. The minimum absolute atomic E-state index is 0.130. The van der Waals surface area contributed by atoms with Crippen molar-refractivity contribution in [3.05, 3.63) is 69.8 Å². The van der Waals surface area contributed by atoms with E-state index in [1.165, 1.54) is 5.56 Å². The summed E-state index contributed by atoms with van der Waals surface area (Å²) in [7, 11) is 5.44. The number of likely N-dealkylation sites (N-methyl/N-ethyl adjacent to an activating group) is 1. The van der Waals surface area contributed by atoms with Crippen LogP contribution in [0.4, 0.5) is 0 Å². The number of carbonyl (C=O) groups is 2. The zero-order chi connectivity index (χ0) is 23.6. The molecule has 1 heterocycles. The Bertz CT molecular complexity index is 1050. The number of Topliss-reactive ketones (excluding diaryl/α,β-unsaturated/α-hetero) is 1. The zero-order valence-corrected chi connectivity index (χ0v) is 19.7. The molecule has 32 heavy (non-hydrogen) atoms. The number of hydrogen-bond acceptors (Lipinski definition) is 5. The van der Waals surface area contributed by atoms with Gasteiger partial charge >= 0.3 is 0 Å². The van der Waals surface area contributed by atoms with E-state index >= 15 is 0 Å². The Morgan fingerprint density at radius 2 is 1.75 bits per heavy atom. The number of ketones is 1. The highest BCUT2D eigenvalue weighted by Gasteiger charge is 2.46. The first-order valence-electron chi connectivity index (χ1n) is 10.9. The number of hydrogen-bond donors (Lipinski definition) is 1. The first-order chi connectivity index (χ1) is 15.2. The van der Waals surface area contributed by atoms with Crippen molar-refractivity contribution in [3.63, 3.8) is 0 Å². The summed E-state index contributed by atoms with van der Waals surface area (Å²) in [5, 5.41) is 11.3.